The minimum absolute atomic E-state index is 0.119. The van der Waals surface area contributed by atoms with E-state index in [4.69, 9.17) is 5.73 Å². The Morgan fingerprint density at radius 3 is 2.71 bits per heavy atom. The third kappa shape index (κ3) is 2.17. The molecule has 1 heterocycles. The van der Waals surface area contributed by atoms with Crippen LogP contribution in [0, 0.1) is 12.3 Å². The van der Waals surface area contributed by atoms with Crippen molar-refractivity contribution < 1.29 is 4.79 Å². The van der Waals surface area contributed by atoms with Crippen LogP contribution in [0.1, 0.15) is 30.9 Å². The number of hydrogen-bond donors (Lipinski definition) is 2. The number of carbonyl (C=O) groups is 1. The monoisotopic (exact) mass is 237 g/mol. The molecule has 1 amide bonds. The van der Waals surface area contributed by atoms with Crippen LogP contribution in [-0.2, 0) is 11.3 Å². The fourth-order valence-corrected chi connectivity index (χ4v) is 2.26. The van der Waals surface area contributed by atoms with Crippen molar-refractivity contribution in [2.75, 3.05) is 13.6 Å². The summed E-state index contributed by atoms with van der Waals surface area (Å²) < 4.78 is 0. The lowest BCUT2D eigenvalue weighted by Crippen LogP contribution is -2.50. The molecule has 0 aromatic carbocycles. The van der Waals surface area contributed by atoms with Gasteiger partial charge in [-0.3, -0.25) is 9.89 Å². The van der Waals surface area contributed by atoms with E-state index in [0.29, 0.717) is 18.9 Å². The van der Waals surface area contributed by atoms with Gasteiger partial charge in [0.05, 0.1) is 12.0 Å². The third-order valence-corrected chi connectivity index (χ3v) is 3.52. The van der Waals surface area contributed by atoms with Crippen LogP contribution in [0.25, 0.3) is 0 Å². The van der Waals surface area contributed by atoms with E-state index in [1.54, 1.807) is 11.9 Å². The molecule has 17 heavy (non-hydrogen) atoms. The summed E-state index contributed by atoms with van der Waals surface area (Å²) >= 11 is 0. The summed E-state index contributed by atoms with van der Waals surface area (Å²) in [6, 6.07) is 0. The van der Waals surface area contributed by atoms with Gasteiger partial charge in [-0.2, -0.15) is 5.10 Å². The Labute approximate surface area is 101 Å². The molecular weight excluding hydrogens is 218 g/mol. The van der Waals surface area contributed by atoms with Gasteiger partial charge in [0.25, 0.3) is 0 Å². The Balaban J connectivity index is 2.00. The van der Waals surface area contributed by atoms with Crippen molar-refractivity contribution in [3.8, 4) is 0 Å². The number of nitrogens with zero attached hydrogens (tertiary/aromatic N) is 3. The molecule has 1 aliphatic carbocycles. The van der Waals surface area contributed by atoms with Crippen molar-refractivity contribution in [3.05, 3.63) is 11.6 Å². The van der Waals surface area contributed by atoms with Crippen LogP contribution in [0.5, 0.6) is 0 Å². The number of hydrogen-bond acceptors (Lipinski definition) is 4. The van der Waals surface area contributed by atoms with Gasteiger partial charge in [-0.15, -0.1) is 0 Å². The van der Waals surface area contributed by atoms with Crippen molar-refractivity contribution in [2.45, 2.75) is 32.7 Å². The Hall–Kier alpha value is -1.43. The molecule has 2 rings (SSSR count). The minimum Gasteiger partial charge on any atom is -0.338 e. The van der Waals surface area contributed by atoms with Crippen LogP contribution in [0.4, 0.5) is 0 Å². The highest BCUT2D eigenvalue weighted by Crippen LogP contribution is 2.41. The van der Waals surface area contributed by atoms with Gasteiger partial charge in [-0.25, -0.2) is 4.98 Å². The lowest BCUT2D eigenvalue weighted by Gasteiger charge is -2.41. The summed E-state index contributed by atoms with van der Waals surface area (Å²) in [5, 5.41) is 6.80. The maximum absolute atomic E-state index is 12.3. The van der Waals surface area contributed by atoms with Crippen molar-refractivity contribution in [1.29, 1.82) is 0 Å². The molecule has 3 N–H and O–H groups in total. The van der Waals surface area contributed by atoms with E-state index < -0.39 is 0 Å². The molecule has 0 unspecified atom stereocenters. The number of aryl methyl sites for hydroxylation is 1. The molecule has 1 saturated carbocycles. The molecule has 6 heteroatoms. The Morgan fingerprint density at radius 2 is 2.29 bits per heavy atom. The first-order chi connectivity index (χ1) is 8.07. The molecule has 0 bridgehead atoms. The van der Waals surface area contributed by atoms with E-state index in [2.05, 4.69) is 15.2 Å². The number of rotatable bonds is 4. The Bertz CT molecular complexity index is 404. The van der Waals surface area contributed by atoms with Crippen LogP contribution in [0.15, 0.2) is 0 Å². The zero-order chi connectivity index (χ0) is 12.5. The van der Waals surface area contributed by atoms with Gasteiger partial charge in [0.15, 0.2) is 5.82 Å². The van der Waals surface area contributed by atoms with Crippen LogP contribution in [-0.4, -0.2) is 39.6 Å². The molecule has 0 radical (unpaired) electrons. The Kier molecular flexibility index (Phi) is 3.15. The molecule has 1 aromatic heterocycles. The van der Waals surface area contributed by atoms with E-state index in [1.165, 1.54) is 0 Å². The molecule has 1 aromatic rings. The average molecular weight is 237 g/mol. The summed E-state index contributed by atoms with van der Waals surface area (Å²) in [4.78, 5) is 18.1. The fourth-order valence-electron chi connectivity index (χ4n) is 2.26. The van der Waals surface area contributed by atoms with Gasteiger partial charge >= 0.3 is 0 Å². The Morgan fingerprint density at radius 1 is 1.59 bits per heavy atom. The highest BCUT2D eigenvalue weighted by molar-refractivity contribution is 5.83. The molecule has 1 fully saturated rings. The third-order valence-electron chi connectivity index (χ3n) is 3.52. The predicted molar refractivity (Wildman–Crippen MR) is 62.9 cm³/mol. The smallest absolute Gasteiger partial charge is 0.230 e. The standard InChI is InChI=1S/C11H19N5O/c1-8-13-9(15-14-8)6-16(2)10(17)11(7-12)4-3-5-11/h3-7,12H2,1-2H3,(H,13,14,15). The first-order valence-electron chi connectivity index (χ1n) is 5.91. The van der Waals surface area contributed by atoms with Crippen molar-refractivity contribution in [1.82, 2.24) is 20.1 Å². The summed E-state index contributed by atoms with van der Waals surface area (Å²) in [7, 11) is 1.78. The zero-order valence-electron chi connectivity index (χ0n) is 10.4. The van der Waals surface area contributed by atoms with E-state index in [0.717, 1.165) is 25.1 Å². The van der Waals surface area contributed by atoms with Gasteiger partial charge in [-0.1, -0.05) is 6.42 Å². The summed E-state index contributed by atoms with van der Waals surface area (Å²) in [6.45, 7) is 2.71. The van der Waals surface area contributed by atoms with Gasteiger partial charge in [0.1, 0.15) is 5.82 Å². The first-order valence-corrected chi connectivity index (χ1v) is 5.91. The number of aromatic amines is 1. The molecule has 0 spiro atoms. The summed E-state index contributed by atoms with van der Waals surface area (Å²) in [5.41, 5.74) is 5.40. The molecule has 6 nitrogen and oxygen atoms in total. The minimum atomic E-state index is -0.319. The van der Waals surface area contributed by atoms with Crippen LogP contribution >= 0.6 is 0 Å². The number of nitrogens with one attached hydrogen (secondary N) is 1. The molecule has 0 saturated heterocycles. The van der Waals surface area contributed by atoms with Crippen LogP contribution in [0.3, 0.4) is 0 Å². The van der Waals surface area contributed by atoms with Gasteiger partial charge in [0.2, 0.25) is 5.91 Å². The van der Waals surface area contributed by atoms with Crippen molar-refractivity contribution in [2.24, 2.45) is 11.1 Å². The van der Waals surface area contributed by atoms with Crippen molar-refractivity contribution >= 4 is 5.91 Å². The predicted octanol–water partition coefficient (Wildman–Crippen LogP) is 0.201. The highest BCUT2D eigenvalue weighted by Gasteiger charge is 2.44. The summed E-state index contributed by atoms with van der Waals surface area (Å²) in [5.74, 6) is 1.52. The summed E-state index contributed by atoms with van der Waals surface area (Å²) in [6.07, 6.45) is 2.90. The van der Waals surface area contributed by atoms with Crippen LogP contribution < -0.4 is 5.73 Å². The maximum atomic E-state index is 12.3. The molecule has 1 aliphatic rings. The fraction of sp³-hybridized carbons (Fsp3) is 0.727. The molecule has 0 atom stereocenters. The van der Waals surface area contributed by atoms with Gasteiger partial charge in [-0.05, 0) is 19.8 Å². The number of aromatic nitrogens is 3. The van der Waals surface area contributed by atoms with E-state index in [-0.39, 0.29) is 11.3 Å². The SMILES string of the molecule is Cc1nc(CN(C)C(=O)C2(CN)CCC2)n[nH]1. The van der Waals surface area contributed by atoms with E-state index in [1.807, 2.05) is 6.92 Å². The second-order valence-corrected chi connectivity index (χ2v) is 4.84. The largest absolute Gasteiger partial charge is 0.338 e. The van der Waals surface area contributed by atoms with Crippen LogP contribution in [0.2, 0.25) is 0 Å². The second-order valence-electron chi connectivity index (χ2n) is 4.84. The molecular formula is C11H19N5O. The first kappa shape index (κ1) is 12.0. The number of amides is 1. The second kappa shape index (κ2) is 4.44. The van der Waals surface area contributed by atoms with E-state index >= 15 is 0 Å². The quantitative estimate of drug-likeness (QED) is 0.783. The van der Waals surface area contributed by atoms with Crippen molar-refractivity contribution in [3.63, 3.8) is 0 Å². The maximum Gasteiger partial charge on any atom is 0.230 e. The number of H-pyrrole nitrogens is 1. The average Bonchev–Trinajstić information content (AvgIpc) is 2.63. The zero-order valence-corrected chi connectivity index (χ0v) is 10.4. The topological polar surface area (TPSA) is 87.9 Å². The number of nitrogens with two attached hydrogens (primary N) is 1. The molecule has 94 valence electrons. The lowest BCUT2D eigenvalue weighted by molar-refractivity contribution is -0.145. The molecule has 0 aliphatic heterocycles. The lowest BCUT2D eigenvalue weighted by atomic mass is 9.68. The highest BCUT2D eigenvalue weighted by atomic mass is 16.2. The normalized spacial score (nSPS) is 17.6. The van der Waals surface area contributed by atoms with E-state index in [9.17, 15) is 4.79 Å². The van der Waals surface area contributed by atoms with Gasteiger partial charge in [0, 0.05) is 13.6 Å². The van der Waals surface area contributed by atoms with Gasteiger partial charge < -0.3 is 10.6 Å². The number of carbonyl (C=O) groups excluding carboxylic acids is 1.